The molecule has 0 amide bonds. The standard InChI is InChI=1S/C43H25N3O/c1-3-11-27(12-4-1)41-44-42(28-13-5-2-6-14-28)46-43(45-41)30-18-7-17-29(25-30)31-23-24-35-33-20-9-16-26-15-8-19-32(37(26)33)34-21-10-22-36-38(34)39(35)40(31)47-36/h1-25H. The number of furan rings is 1. The molecule has 2 aromatic heterocycles. The molecule has 0 unspecified atom stereocenters. The second-order valence-corrected chi connectivity index (χ2v) is 12.0. The largest absolute Gasteiger partial charge is 0.455 e. The summed E-state index contributed by atoms with van der Waals surface area (Å²) < 4.78 is 6.76. The van der Waals surface area contributed by atoms with E-state index in [1.165, 1.54) is 33.0 Å². The van der Waals surface area contributed by atoms with Crippen LogP contribution in [0.2, 0.25) is 0 Å². The molecule has 4 heteroatoms. The Morgan fingerprint density at radius 2 is 0.830 bits per heavy atom. The van der Waals surface area contributed by atoms with Gasteiger partial charge in [0.1, 0.15) is 11.2 Å². The average Bonchev–Trinajstić information content (AvgIpc) is 3.49. The first kappa shape index (κ1) is 25.9. The van der Waals surface area contributed by atoms with Crippen LogP contribution in [0.15, 0.2) is 156 Å². The van der Waals surface area contributed by atoms with E-state index >= 15 is 0 Å². The van der Waals surface area contributed by atoms with Crippen molar-refractivity contribution in [2.45, 2.75) is 0 Å². The monoisotopic (exact) mass is 599 g/mol. The molecular formula is C43H25N3O. The Labute approximate surface area is 270 Å². The number of aromatic nitrogens is 3. The van der Waals surface area contributed by atoms with Gasteiger partial charge in [0.2, 0.25) is 0 Å². The highest BCUT2D eigenvalue weighted by atomic mass is 16.3. The van der Waals surface area contributed by atoms with Gasteiger partial charge in [-0.25, -0.2) is 15.0 Å². The summed E-state index contributed by atoms with van der Waals surface area (Å²) in [4.78, 5) is 14.8. The van der Waals surface area contributed by atoms with Crippen molar-refractivity contribution >= 4 is 32.7 Å². The van der Waals surface area contributed by atoms with Crippen LogP contribution in [0.3, 0.4) is 0 Å². The Balaban J connectivity index is 1.19. The first-order chi connectivity index (χ1) is 23.3. The molecule has 0 fully saturated rings. The van der Waals surface area contributed by atoms with Crippen molar-refractivity contribution < 1.29 is 4.42 Å². The van der Waals surface area contributed by atoms with Crippen LogP contribution in [0.1, 0.15) is 0 Å². The SMILES string of the molecule is c1ccc(-c2nc(-c3ccccc3)nc(-c3cccc(-c4ccc5c6c4oc4cccc(c46)-c4cccc6cccc-5c46)c3)n2)cc1. The zero-order valence-electron chi connectivity index (χ0n) is 25.2. The molecule has 4 nitrogen and oxygen atoms in total. The predicted molar refractivity (Wildman–Crippen MR) is 191 cm³/mol. The van der Waals surface area contributed by atoms with Gasteiger partial charge < -0.3 is 4.42 Å². The van der Waals surface area contributed by atoms with Crippen molar-refractivity contribution in [1.29, 1.82) is 0 Å². The fourth-order valence-corrected chi connectivity index (χ4v) is 7.15. The molecule has 1 aliphatic rings. The van der Waals surface area contributed by atoms with Gasteiger partial charge in [-0.2, -0.15) is 0 Å². The van der Waals surface area contributed by atoms with E-state index in [2.05, 4.69) is 91.0 Å². The van der Waals surface area contributed by atoms with Crippen LogP contribution in [0.4, 0.5) is 0 Å². The Bertz CT molecular complexity index is 2610. The second-order valence-electron chi connectivity index (χ2n) is 12.0. The predicted octanol–water partition coefficient (Wildman–Crippen LogP) is 11.2. The van der Waals surface area contributed by atoms with E-state index in [1.54, 1.807) is 0 Å². The van der Waals surface area contributed by atoms with Crippen molar-refractivity contribution in [2.24, 2.45) is 0 Å². The van der Waals surface area contributed by atoms with Crippen LogP contribution in [0.25, 0.3) is 100 Å². The maximum atomic E-state index is 6.76. The van der Waals surface area contributed by atoms with Gasteiger partial charge in [-0.15, -0.1) is 0 Å². The summed E-state index contributed by atoms with van der Waals surface area (Å²) in [6.07, 6.45) is 0. The quantitative estimate of drug-likeness (QED) is 0.202. The van der Waals surface area contributed by atoms with Crippen LogP contribution < -0.4 is 0 Å². The summed E-state index contributed by atoms with van der Waals surface area (Å²) >= 11 is 0. The maximum Gasteiger partial charge on any atom is 0.164 e. The third-order valence-electron chi connectivity index (χ3n) is 9.26. The number of hydrogen-bond acceptors (Lipinski definition) is 4. The lowest BCUT2D eigenvalue weighted by Crippen LogP contribution is -2.00. The molecule has 10 rings (SSSR count). The van der Waals surface area contributed by atoms with E-state index in [4.69, 9.17) is 19.4 Å². The maximum absolute atomic E-state index is 6.76. The van der Waals surface area contributed by atoms with E-state index in [9.17, 15) is 0 Å². The van der Waals surface area contributed by atoms with E-state index < -0.39 is 0 Å². The van der Waals surface area contributed by atoms with Crippen LogP contribution >= 0.6 is 0 Å². The molecule has 0 N–H and O–H groups in total. The highest BCUT2D eigenvalue weighted by Gasteiger charge is 2.25. The number of benzene rings is 7. The molecule has 0 atom stereocenters. The Kier molecular flexibility index (Phi) is 5.54. The normalized spacial score (nSPS) is 11.8. The Hall–Kier alpha value is -6.39. The van der Waals surface area contributed by atoms with Crippen LogP contribution in [0.5, 0.6) is 0 Å². The fourth-order valence-electron chi connectivity index (χ4n) is 7.15. The summed E-state index contributed by atoms with van der Waals surface area (Å²) in [7, 11) is 0. The average molecular weight is 600 g/mol. The molecule has 47 heavy (non-hydrogen) atoms. The molecule has 2 heterocycles. The highest BCUT2D eigenvalue weighted by Crippen LogP contribution is 2.50. The smallest absolute Gasteiger partial charge is 0.164 e. The van der Waals surface area contributed by atoms with Crippen molar-refractivity contribution in [2.75, 3.05) is 0 Å². The topological polar surface area (TPSA) is 51.8 Å². The van der Waals surface area contributed by atoms with E-state index in [0.29, 0.717) is 17.5 Å². The Morgan fingerprint density at radius 3 is 1.49 bits per heavy atom. The van der Waals surface area contributed by atoms with Gasteiger partial charge in [0, 0.05) is 33.0 Å². The van der Waals surface area contributed by atoms with Crippen molar-refractivity contribution in [3.63, 3.8) is 0 Å². The lowest BCUT2D eigenvalue weighted by atomic mass is 9.92. The summed E-state index contributed by atoms with van der Waals surface area (Å²) in [6, 6.07) is 52.6. The summed E-state index contributed by atoms with van der Waals surface area (Å²) in [6.45, 7) is 0. The first-order valence-corrected chi connectivity index (χ1v) is 15.8. The van der Waals surface area contributed by atoms with Crippen LogP contribution in [-0.2, 0) is 0 Å². The molecule has 0 radical (unpaired) electrons. The van der Waals surface area contributed by atoms with Crippen molar-refractivity contribution in [3.8, 4) is 67.5 Å². The van der Waals surface area contributed by atoms with Gasteiger partial charge in [-0.1, -0.05) is 133 Å². The van der Waals surface area contributed by atoms with Gasteiger partial charge in [0.15, 0.2) is 17.5 Å². The molecule has 0 saturated carbocycles. The molecule has 9 aromatic rings. The highest BCUT2D eigenvalue weighted by molar-refractivity contribution is 6.27. The number of rotatable bonds is 4. The van der Waals surface area contributed by atoms with E-state index in [1.807, 2.05) is 60.7 Å². The Morgan fingerprint density at radius 1 is 0.340 bits per heavy atom. The molecule has 0 aliphatic heterocycles. The van der Waals surface area contributed by atoms with Gasteiger partial charge in [-0.05, 0) is 56.8 Å². The number of hydrogen-bond donors (Lipinski definition) is 0. The van der Waals surface area contributed by atoms with Gasteiger partial charge in [0.05, 0.1) is 0 Å². The van der Waals surface area contributed by atoms with Gasteiger partial charge in [-0.3, -0.25) is 0 Å². The number of nitrogens with zero attached hydrogens (tertiary/aromatic N) is 3. The van der Waals surface area contributed by atoms with Crippen molar-refractivity contribution in [3.05, 3.63) is 152 Å². The fraction of sp³-hybridized carbons (Fsp3) is 0. The molecule has 7 aromatic carbocycles. The first-order valence-electron chi connectivity index (χ1n) is 15.8. The summed E-state index contributed by atoms with van der Waals surface area (Å²) in [5.41, 5.74) is 11.5. The third-order valence-corrected chi connectivity index (χ3v) is 9.26. The summed E-state index contributed by atoms with van der Waals surface area (Å²) in [5, 5.41) is 4.84. The van der Waals surface area contributed by atoms with Crippen LogP contribution in [-0.4, -0.2) is 15.0 Å². The lowest BCUT2D eigenvalue weighted by Gasteiger charge is -2.12. The lowest BCUT2D eigenvalue weighted by molar-refractivity contribution is 0.670. The third kappa shape index (κ3) is 3.98. The molecule has 1 aliphatic carbocycles. The second kappa shape index (κ2) is 10.1. The van der Waals surface area contributed by atoms with Crippen LogP contribution in [0, 0.1) is 0 Å². The zero-order valence-corrected chi connectivity index (χ0v) is 25.2. The minimum atomic E-state index is 0.624. The number of fused-ring (bicyclic) bond motifs is 2. The van der Waals surface area contributed by atoms with Crippen molar-refractivity contribution in [1.82, 2.24) is 15.0 Å². The molecule has 0 spiro atoms. The van der Waals surface area contributed by atoms with Gasteiger partial charge >= 0.3 is 0 Å². The zero-order chi connectivity index (χ0) is 30.9. The minimum Gasteiger partial charge on any atom is -0.455 e. The molecule has 0 bridgehead atoms. The molecule has 218 valence electrons. The van der Waals surface area contributed by atoms with Gasteiger partial charge in [0.25, 0.3) is 0 Å². The minimum absolute atomic E-state index is 0.624. The summed E-state index contributed by atoms with van der Waals surface area (Å²) in [5.74, 6) is 1.91. The molecule has 0 saturated heterocycles. The molecular weight excluding hydrogens is 574 g/mol. The van der Waals surface area contributed by atoms with E-state index in [-0.39, 0.29) is 0 Å². The van der Waals surface area contributed by atoms with E-state index in [0.717, 1.165) is 49.8 Å².